The van der Waals surface area contributed by atoms with Crippen LogP contribution in [0.5, 0.6) is 0 Å². The van der Waals surface area contributed by atoms with E-state index in [-0.39, 0.29) is 0 Å². The van der Waals surface area contributed by atoms with E-state index in [1.807, 2.05) is 22.2 Å². The number of ether oxygens (including phenoxy) is 1. The fraction of sp³-hybridized carbons (Fsp3) is 0.500. The number of rotatable bonds is 4. The molecule has 0 unspecified atom stereocenters. The third-order valence-corrected chi connectivity index (χ3v) is 4.54. The molecule has 126 valence electrons. The molecule has 24 heavy (non-hydrogen) atoms. The highest BCUT2D eigenvalue weighted by Crippen LogP contribution is 2.29. The van der Waals surface area contributed by atoms with Crippen molar-refractivity contribution in [3.05, 3.63) is 36.2 Å². The van der Waals surface area contributed by atoms with Crippen molar-refractivity contribution in [2.75, 3.05) is 25.1 Å². The van der Waals surface area contributed by atoms with E-state index >= 15 is 0 Å². The molecule has 0 aliphatic carbocycles. The molecule has 1 aliphatic heterocycles. The third kappa shape index (κ3) is 2.62. The minimum atomic E-state index is 0.371. The van der Waals surface area contributed by atoms with Gasteiger partial charge in [-0.05, 0) is 12.8 Å². The molecule has 0 amide bonds. The van der Waals surface area contributed by atoms with Gasteiger partial charge in [-0.3, -0.25) is 0 Å². The molecule has 3 aromatic heterocycles. The van der Waals surface area contributed by atoms with E-state index in [2.05, 4.69) is 31.2 Å². The fourth-order valence-corrected chi connectivity index (χ4v) is 3.45. The summed E-state index contributed by atoms with van der Waals surface area (Å²) in [4.78, 5) is 6.95. The van der Waals surface area contributed by atoms with Gasteiger partial charge in [-0.1, -0.05) is 0 Å². The van der Waals surface area contributed by atoms with Gasteiger partial charge in [-0.15, -0.1) is 10.2 Å². The predicted octanol–water partition coefficient (Wildman–Crippen LogP) is 1.39. The zero-order valence-electron chi connectivity index (χ0n) is 14.0. The molecule has 4 heterocycles. The van der Waals surface area contributed by atoms with Gasteiger partial charge in [0.25, 0.3) is 0 Å². The van der Waals surface area contributed by atoms with Crippen molar-refractivity contribution in [2.24, 2.45) is 7.05 Å². The van der Waals surface area contributed by atoms with E-state index in [1.165, 1.54) is 0 Å². The molecule has 0 N–H and O–H groups in total. The Kier molecular flexibility index (Phi) is 3.89. The molecule has 1 aliphatic rings. The van der Waals surface area contributed by atoms with E-state index in [0.29, 0.717) is 12.5 Å². The monoisotopic (exact) mass is 327 g/mol. The Bertz CT molecular complexity index is 840. The Morgan fingerprint density at radius 1 is 1.38 bits per heavy atom. The Hall–Kier alpha value is -2.48. The number of aryl methyl sites for hydroxylation is 1. The molecule has 1 saturated heterocycles. The van der Waals surface area contributed by atoms with E-state index in [1.54, 1.807) is 19.6 Å². The number of anilines is 1. The van der Waals surface area contributed by atoms with Crippen LogP contribution >= 0.6 is 0 Å². The summed E-state index contributed by atoms with van der Waals surface area (Å²) in [5.74, 6) is 2.47. The molecule has 0 aromatic carbocycles. The molecular formula is C16H21N7O. The summed E-state index contributed by atoms with van der Waals surface area (Å²) in [6.07, 6.45) is 5.79. The first kappa shape index (κ1) is 15.1. The Morgan fingerprint density at radius 2 is 2.29 bits per heavy atom. The summed E-state index contributed by atoms with van der Waals surface area (Å²) < 4.78 is 9.17. The van der Waals surface area contributed by atoms with Gasteiger partial charge >= 0.3 is 0 Å². The van der Waals surface area contributed by atoms with Crippen LogP contribution in [0.4, 0.5) is 5.82 Å². The maximum atomic E-state index is 5.26. The number of piperidine rings is 1. The van der Waals surface area contributed by atoms with Gasteiger partial charge in [0.2, 0.25) is 0 Å². The van der Waals surface area contributed by atoms with Gasteiger partial charge in [0.05, 0.1) is 18.5 Å². The Morgan fingerprint density at radius 3 is 3.08 bits per heavy atom. The topological polar surface area (TPSA) is 73.4 Å². The third-order valence-electron chi connectivity index (χ3n) is 4.54. The van der Waals surface area contributed by atoms with Gasteiger partial charge in [-0.2, -0.15) is 9.61 Å². The fourth-order valence-electron chi connectivity index (χ4n) is 3.45. The second-order valence-corrected chi connectivity index (χ2v) is 6.23. The molecular weight excluding hydrogens is 306 g/mol. The van der Waals surface area contributed by atoms with Crippen LogP contribution in [-0.2, 0) is 18.4 Å². The van der Waals surface area contributed by atoms with E-state index in [4.69, 9.17) is 4.74 Å². The summed E-state index contributed by atoms with van der Waals surface area (Å²) in [5.41, 5.74) is 1.77. The zero-order valence-corrected chi connectivity index (χ0v) is 14.0. The number of hydrogen-bond acceptors (Lipinski definition) is 6. The van der Waals surface area contributed by atoms with Crippen LogP contribution in [0.2, 0.25) is 0 Å². The van der Waals surface area contributed by atoms with Crippen molar-refractivity contribution in [2.45, 2.75) is 25.4 Å². The van der Waals surface area contributed by atoms with E-state index in [9.17, 15) is 0 Å². The van der Waals surface area contributed by atoms with Gasteiger partial charge in [-0.25, -0.2) is 4.98 Å². The summed E-state index contributed by atoms with van der Waals surface area (Å²) in [6, 6.07) is 4.00. The quantitative estimate of drug-likeness (QED) is 0.721. The number of methoxy groups -OCH3 is 1. The summed E-state index contributed by atoms with van der Waals surface area (Å²) >= 11 is 0. The molecule has 4 rings (SSSR count). The molecule has 8 heteroatoms. The number of nitrogens with zero attached hydrogens (tertiary/aromatic N) is 7. The van der Waals surface area contributed by atoms with Crippen LogP contribution in [0, 0.1) is 0 Å². The van der Waals surface area contributed by atoms with Crippen LogP contribution in [0.25, 0.3) is 5.65 Å². The van der Waals surface area contributed by atoms with Crippen LogP contribution in [0.3, 0.4) is 0 Å². The van der Waals surface area contributed by atoms with Crippen LogP contribution in [-0.4, -0.2) is 49.6 Å². The second kappa shape index (κ2) is 6.20. The smallest absolute Gasteiger partial charge is 0.157 e. The molecule has 0 radical (unpaired) electrons. The van der Waals surface area contributed by atoms with Crippen molar-refractivity contribution in [1.29, 1.82) is 0 Å². The van der Waals surface area contributed by atoms with Crippen LogP contribution in [0.1, 0.15) is 30.3 Å². The second-order valence-electron chi connectivity index (χ2n) is 6.23. The van der Waals surface area contributed by atoms with Gasteiger partial charge in [0, 0.05) is 45.3 Å². The lowest BCUT2D eigenvalue weighted by molar-refractivity contribution is 0.181. The highest BCUT2D eigenvalue weighted by atomic mass is 16.5. The number of fused-ring (bicyclic) bond motifs is 1. The van der Waals surface area contributed by atoms with Crippen molar-refractivity contribution in [3.63, 3.8) is 0 Å². The van der Waals surface area contributed by atoms with E-state index in [0.717, 1.165) is 48.9 Å². The van der Waals surface area contributed by atoms with Gasteiger partial charge in [0.15, 0.2) is 5.65 Å². The normalized spacial score (nSPS) is 18.4. The summed E-state index contributed by atoms with van der Waals surface area (Å²) in [5, 5.41) is 12.8. The van der Waals surface area contributed by atoms with Crippen molar-refractivity contribution in [3.8, 4) is 0 Å². The number of hydrogen-bond donors (Lipinski definition) is 0. The first-order valence-corrected chi connectivity index (χ1v) is 8.17. The van der Waals surface area contributed by atoms with Crippen LogP contribution in [0.15, 0.2) is 24.7 Å². The lowest BCUT2D eigenvalue weighted by atomic mass is 9.97. The molecule has 0 bridgehead atoms. The van der Waals surface area contributed by atoms with Gasteiger partial charge in [0.1, 0.15) is 18.0 Å². The van der Waals surface area contributed by atoms with Crippen molar-refractivity contribution in [1.82, 2.24) is 29.4 Å². The molecule has 0 saturated carbocycles. The van der Waals surface area contributed by atoms with Crippen molar-refractivity contribution < 1.29 is 4.74 Å². The maximum Gasteiger partial charge on any atom is 0.157 e. The molecule has 1 fully saturated rings. The lowest BCUT2D eigenvalue weighted by Gasteiger charge is -2.33. The van der Waals surface area contributed by atoms with E-state index < -0.39 is 0 Å². The molecule has 0 spiro atoms. The molecule has 8 nitrogen and oxygen atoms in total. The number of aromatic nitrogens is 6. The van der Waals surface area contributed by atoms with Gasteiger partial charge < -0.3 is 14.2 Å². The summed E-state index contributed by atoms with van der Waals surface area (Å²) in [7, 11) is 3.69. The zero-order chi connectivity index (χ0) is 16.5. The maximum absolute atomic E-state index is 5.26. The minimum Gasteiger partial charge on any atom is -0.378 e. The average molecular weight is 327 g/mol. The predicted molar refractivity (Wildman–Crippen MR) is 88.9 cm³/mol. The highest BCUT2D eigenvalue weighted by Gasteiger charge is 2.26. The summed E-state index contributed by atoms with van der Waals surface area (Å²) in [6.45, 7) is 2.40. The molecule has 3 aromatic rings. The SMILES string of the molecule is COCc1cc(N2CCC[C@H](c3nncn3C)C2)n2nccc2n1. The Labute approximate surface area is 140 Å². The highest BCUT2D eigenvalue weighted by molar-refractivity contribution is 5.51. The first-order valence-electron chi connectivity index (χ1n) is 8.17. The standard InChI is InChI=1S/C16H21N7O/c1-21-11-17-20-16(21)12-4-3-7-22(9-12)15-8-13(10-24-2)19-14-5-6-18-23(14)15/h5-6,8,11-12H,3-4,7,9-10H2,1-2H3/t12-/m0/s1. The van der Waals surface area contributed by atoms with Crippen molar-refractivity contribution >= 4 is 11.5 Å². The Balaban J connectivity index is 1.68. The first-order chi connectivity index (χ1) is 11.8. The minimum absolute atomic E-state index is 0.371. The lowest BCUT2D eigenvalue weighted by Crippen LogP contribution is -2.36. The molecule has 1 atom stereocenters. The van der Waals surface area contributed by atoms with Crippen LogP contribution < -0.4 is 4.90 Å². The largest absolute Gasteiger partial charge is 0.378 e. The average Bonchev–Trinajstić information content (AvgIpc) is 3.23.